The molecule has 5 nitrogen and oxygen atoms in total. The zero-order chi connectivity index (χ0) is 23.4. The van der Waals surface area contributed by atoms with Crippen LogP contribution in [0.5, 0.6) is 0 Å². The summed E-state index contributed by atoms with van der Waals surface area (Å²) in [5.41, 5.74) is 2.90. The summed E-state index contributed by atoms with van der Waals surface area (Å²) in [5.74, 6) is -1.21. The van der Waals surface area contributed by atoms with Crippen molar-refractivity contribution >= 4 is 42.4 Å². The van der Waals surface area contributed by atoms with Crippen molar-refractivity contribution < 1.29 is 17.6 Å². The minimum absolute atomic E-state index is 0.00149. The number of aromatic nitrogens is 1. The molecule has 0 radical (unpaired) electrons. The molecule has 0 aliphatic carbocycles. The Morgan fingerprint density at radius 1 is 1.00 bits per heavy atom. The third-order valence-electron chi connectivity index (χ3n) is 5.32. The van der Waals surface area contributed by atoms with Crippen molar-refractivity contribution in [2.24, 2.45) is 0 Å². The summed E-state index contributed by atoms with van der Waals surface area (Å²) in [6.07, 6.45) is 0.694. The summed E-state index contributed by atoms with van der Waals surface area (Å²) in [7, 11) is -3.73. The summed E-state index contributed by atoms with van der Waals surface area (Å²) in [5, 5.41) is 0.534. The first-order valence-corrected chi connectivity index (χ1v) is 13.0. The van der Waals surface area contributed by atoms with Gasteiger partial charge in [-0.05, 0) is 53.9 Å². The number of sulfone groups is 1. The topological polar surface area (TPSA) is 67.3 Å². The van der Waals surface area contributed by atoms with Gasteiger partial charge in [0.15, 0.2) is 15.0 Å². The first-order valence-electron chi connectivity index (χ1n) is 10.6. The zero-order valence-corrected chi connectivity index (χ0v) is 19.7. The Hall–Kier alpha value is -3.10. The Morgan fingerprint density at radius 3 is 2.42 bits per heavy atom. The van der Waals surface area contributed by atoms with Crippen LogP contribution in [0.3, 0.4) is 0 Å². The first-order chi connectivity index (χ1) is 15.9. The molecule has 0 fully saturated rings. The lowest BCUT2D eigenvalue weighted by Gasteiger charge is -2.20. The highest BCUT2D eigenvalue weighted by molar-refractivity contribution is 7.91. The number of rotatable bonds is 8. The summed E-state index contributed by atoms with van der Waals surface area (Å²) >= 11 is 1.42. The summed E-state index contributed by atoms with van der Waals surface area (Å²) in [6.45, 7) is 2.37. The number of anilines is 1. The largest absolute Gasteiger partial charge is 0.284 e. The second kappa shape index (κ2) is 9.80. The van der Waals surface area contributed by atoms with E-state index in [1.165, 1.54) is 29.0 Å². The normalized spacial score (nSPS) is 11.6. The quantitative estimate of drug-likeness (QED) is 0.316. The minimum Gasteiger partial charge on any atom is -0.284 e. The highest BCUT2D eigenvalue weighted by atomic mass is 32.2. The first kappa shape index (κ1) is 23.1. The van der Waals surface area contributed by atoms with Gasteiger partial charge in [-0.25, -0.2) is 17.8 Å². The van der Waals surface area contributed by atoms with Gasteiger partial charge in [-0.1, -0.05) is 54.7 Å². The lowest BCUT2D eigenvalue weighted by atomic mass is 10.2. The number of thiazole rings is 1. The fourth-order valence-electron chi connectivity index (χ4n) is 3.44. The van der Waals surface area contributed by atoms with Gasteiger partial charge in [0.05, 0.1) is 27.4 Å². The molecule has 0 aliphatic heterocycles. The number of carbonyl (C=O) groups is 1. The van der Waals surface area contributed by atoms with Crippen molar-refractivity contribution in [1.29, 1.82) is 0 Å². The van der Waals surface area contributed by atoms with Crippen molar-refractivity contribution in [2.45, 2.75) is 31.2 Å². The molecule has 0 unspecified atom stereocenters. The summed E-state index contributed by atoms with van der Waals surface area (Å²) in [4.78, 5) is 19.4. The summed E-state index contributed by atoms with van der Waals surface area (Å²) in [6, 6.07) is 20.2. The number of amides is 1. The smallest absolute Gasteiger partial charge is 0.230 e. The van der Waals surface area contributed by atoms with E-state index >= 15 is 0 Å². The van der Waals surface area contributed by atoms with E-state index in [1.54, 1.807) is 4.90 Å². The molecule has 0 spiro atoms. The number of carbonyl (C=O) groups excluding carboxylic acids is 1. The van der Waals surface area contributed by atoms with Gasteiger partial charge in [0.25, 0.3) is 0 Å². The van der Waals surface area contributed by atoms with Crippen molar-refractivity contribution in [3.8, 4) is 0 Å². The molecule has 0 bridgehead atoms. The van der Waals surface area contributed by atoms with E-state index in [0.29, 0.717) is 5.13 Å². The SMILES string of the molecule is CCc1ccc2nc(N(Cc3ccccc3)C(=O)CCS(=O)(=O)c3ccc(F)cc3)sc2c1. The van der Waals surface area contributed by atoms with Crippen molar-refractivity contribution in [1.82, 2.24) is 4.98 Å². The van der Waals surface area contributed by atoms with E-state index < -0.39 is 15.7 Å². The molecular weight excluding hydrogens is 459 g/mol. The number of aryl methyl sites for hydroxylation is 1. The highest BCUT2D eigenvalue weighted by Gasteiger charge is 2.23. The maximum absolute atomic E-state index is 13.2. The van der Waals surface area contributed by atoms with Crippen LogP contribution in [-0.4, -0.2) is 25.1 Å². The van der Waals surface area contributed by atoms with Gasteiger partial charge in [-0.15, -0.1) is 0 Å². The van der Waals surface area contributed by atoms with Gasteiger partial charge in [0.2, 0.25) is 5.91 Å². The Morgan fingerprint density at radius 2 is 1.73 bits per heavy atom. The number of nitrogens with zero attached hydrogens (tertiary/aromatic N) is 2. The van der Waals surface area contributed by atoms with E-state index in [2.05, 4.69) is 18.0 Å². The second-order valence-electron chi connectivity index (χ2n) is 7.64. The molecule has 1 aromatic heterocycles. The minimum atomic E-state index is -3.73. The molecule has 0 aliphatic rings. The van der Waals surface area contributed by atoms with Gasteiger partial charge in [0.1, 0.15) is 5.82 Å². The Balaban J connectivity index is 1.60. The van der Waals surface area contributed by atoms with Crippen LogP contribution in [0.1, 0.15) is 24.5 Å². The predicted octanol–water partition coefficient (Wildman–Crippen LogP) is 5.40. The van der Waals surface area contributed by atoms with Gasteiger partial charge < -0.3 is 0 Å². The Kier molecular flexibility index (Phi) is 6.85. The standard InChI is InChI=1S/C25H23FN2O3S2/c1-2-18-8-13-22-23(16-18)32-25(27-22)28(17-19-6-4-3-5-7-19)24(29)14-15-33(30,31)21-11-9-20(26)10-12-21/h3-13,16H,2,14-15,17H2,1H3. The van der Waals surface area contributed by atoms with Gasteiger partial charge >= 0.3 is 0 Å². The van der Waals surface area contributed by atoms with E-state index in [4.69, 9.17) is 0 Å². The third kappa shape index (κ3) is 5.46. The van der Waals surface area contributed by atoms with E-state index in [0.717, 1.165) is 34.3 Å². The maximum atomic E-state index is 13.2. The van der Waals surface area contributed by atoms with Crippen LogP contribution in [0, 0.1) is 5.82 Å². The third-order valence-corrected chi connectivity index (χ3v) is 8.10. The molecule has 170 valence electrons. The molecule has 3 aromatic carbocycles. The molecule has 0 N–H and O–H groups in total. The van der Waals surface area contributed by atoms with Crippen LogP contribution in [0.15, 0.2) is 77.7 Å². The number of fused-ring (bicyclic) bond motifs is 1. The number of hydrogen-bond donors (Lipinski definition) is 0. The molecule has 4 rings (SSSR count). The average Bonchev–Trinajstić information content (AvgIpc) is 3.25. The summed E-state index contributed by atoms with van der Waals surface area (Å²) < 4.78 is 39.5. The van der Waals surface area contributed by atoms with Crippen molar-refractivity contribution in [2.75, 3.05) is 10.7 Å². The molecular formula is C25H23FN2O3S2. The van der Waals surface area contributed by atoms with Crippen LogP contribution < -0.4 is 4.90 Å². The predicted molar refractivity (Wildman–Crippen MR) is 130 cm³/mol. The molecule has 0 saturated carbocycles. The van der Waals surface area contributed by atoms with Crippen LogP contribution in [-0.2, 0) is 27.6 Å². The van der Waals surface area contributed by atoms with Gasteiger partial charge in [-0.2, -0.15) is 0 Å². The average molecular weight is 483 g/mol. The monoisotopic (exact) mass is 482 g/mol. The fourth-order valence-corrected chi connectivity index (χ4v) is 5.71. The van der Waals surface area contributed by atoms with Crippen LogP contribution in [0.25, 0.3) is 10.2 Å². The molecule has 33 heavy (non-hydrogen) atoms. The van der Waals surface area contributed by atoms with E-state index in [-0.39, 0.29) is 29.5 Å². The van der Waals surface area contributed by atoms with Gasteiger partial charge in [-0.3, -0.25) is 9.69 Å². The number of hydrogen-bond acceptors (Lipinski definition) is 5. The molecule has 1 heterocycles. The van der Waals surface area contributed by atoms with Crippen LogP contribution >= 0.6 is 11.3 Å². The molecule has 4 aromatic rings. The highest BCUT2D eigenvalue weighted by Crippen LogP contribution is 2.31. The lowest BCUT2D eigenvalue weighted by molar-refractivity contribution is -0.118. The molecule has 0 atom stereocenters. The van der Waals surface area contributed by atoms with E-state index in [1.807, 2.05) is 42.5 Å². The molecule has 8 heteroatoms. The zero-order valence-electron chi connectivity index (χ0n) is 18.1. The van der Waals surface area contributed by atoms with Crippen molar-refractivity contribution in [3.63, 3.8) is 0 Å². The fraction of sp³-hybridized carbons (Fsp3) is 0.200. The maximum Gasteiger partial charge on any atom is 0.230 e. The molecule has 1 amide bonds. The van der Waals surface area contributed by atoms with Crippen LogP contribution in [0.4, 0.5) is 9.52 Å². The van der Waals surface area contributed by atoms with Gasteiger partial charge in [0, 0.05) is 6.42 Å². The number of benzene rings is 3. The van der Waals surface area contributed by atoms with Crippen molar-refractivity contribution in [3.05, 3.63) is 89.7 Å². The Bertz CT molecular complexity index is 1370. The lowest BCUT2D eigenvalue weighted by Crippen LogP contribution is -2.31. The number of halogens is 1. The Labute approximate surface area is 196 Å². The van der Waals surface area contributed by atoms with E-state index in [9.17, 15) is 17.6 Å². The van der Waals surface area contributed by atoms with Crippen LogP contribution in [0.2, 0.25) is 0 Å². The molecule has 0 saturated heterocycles. The second-order valence-corrected chi connectivity index (χ2v) is 10.8.